The molecule has 0 N–H and O–H groups in total. The highest BCUT2D eigenvalue weighted by atomic mass is 16.5. The molecule has 1 saturated heterocycles. The topological polar surface area (TPSA) is 91.8 Å². The predicted molar refractivity (Wildman–Crippen MR) is 173 cm³/mol. The summed E-state index contributed by atoms with van der Waals surface area (Å²) in [4.78, 5) is 46.9. The number of aryl methyl sites for hydroxylation is 1. The average molecular weight is 605 g/mol. The molecule has 2 aromatic heterocycles. The number of amides is 2. The van der Waals surface area contributed by atoms with Gasteiger partial charge in [0.1, 0.15) is 5.75 Å². The Bertz CT molecular complexity index is 1590. The molecule has 9 heteroatoms. The summed E-state index contributed by atoms with van der Waals surface area (Å²) in [5, 5.41) is 0. The number of nitrogens with zero attached hydrogens (tertiary/aromatic N) is 6. The number of benzene rings is 2. The third-order valence-corrected chi connectivity index (χ3v) is 9.15. The van der Waals surface area contributed by atoms with E-state index in [1.807, 2.05) is 83.5 Å². The van der Waals surface area contributed by atoms with E-state index < -0.39 is 0 Å². The lowest BCUT2D eigenvalue weighted by Gasteiger charge is -2.42. The second-order valence-corrected chi connectivity index (χ2v) is 12.1. The second kappa shape index (κ2) is 13.9. The SMILES string of the molecule is Cc1ccncc1C(=O)N1CCC2(CCCN(c3ncccn3)CCN(Cc3ccccc3)C(=O)c3ccccc3OC2)CC1. The van der Waals surface area contributed by atoms with Crippen LogP contribution in [0.1, 0.15) is 57.5 Å². The summed E-state index contributed by atoms with van der Waals surface area (Å²) in [5.74, 6) is 1.23. The zero-order valence-corrected chi connectivity index (χ0v) is 25.8. The highest BCUT2D eigenvalue weighted by Gasteiger charge is 2.38. The first-order valence-electron chi connectivity index (χ1n) is 15.8. The van der Waals surface area contributed by atoms with Gasteiger partial charge in [0.25, 0.3) is 11.8 Å². The van der Waals surface area contributed by atoms with Crippen LogP contribution in [0.4, 0.5) is 5.95 Å². The van der Waals surface area contributed by atoms with Gasteiger partial charge in [-0.2, -0.15) is 0 Å². The van der Waals surface area contributed by atoms with Crippen molar-refractivity contribution in [2.45, 2.75) is 39.2 Å². The van der Waals surface area contributed by atoms with E-state index in [9.17, 15) is 9.59 Å². The molecule has 0 radical (unpaired) electrons. The molecule has 9 nitrogen and oxygen atoms in total. The molecule has 0 aliphatic carbocycles. The fourth-order valence-corrected chi connectivity index (χ4v) is 6.39. The van der Waals surface area contributed by atoms with Crippen LogP contribution in [0.2, 0.25) is 0 Å². The number of likely N-dealkylation sites (tertiary alicyclic amines) is 1. The molecular weight excluding hydrogens is 564 g/mol. The van der Waals surface area contributed by atoms with Crippen LogP contribution in [0.5, 0.6) is 5.75 Å². The Morgan fingerprint density at radius 1 is 0.844 bits per heavy atom. The number of aromatic nitrogens is 3. The molecule has 0 saturated carbocycles. The van der Waals surface area contributed by atoms with Gasteiger partial charge in [0, 0.05) is 69.5 Å². The van der Waals surface area contributed by atoms with Crippen molar-refractivity contribution < 1.29 is 14.3 Å². The maximum absolute atomic E-state index is 14.2. The molecule has 2 aliphatic rings. The van der Waals surface area contributed by atoms with Crippen LogP contribution in [0.15, 0.2) is 91.5 Å². The Morgan fingerprint density at radius 3 is 2.38 bits per heavy atom. The molecule has 1 fully saturated rings. The van der Waals surface area contributed by atoms with Crippen LogP contribution in [0.3, 0.4) is 0 Å². The predicted octanol–water partition coefficient (Wildman–Crippen LogP) is 5.42. The van der Waals surface area contributed by atoms with Gasteiger partial charge in [-0.05, 0) is 68.0 Å². The van der Waals surface area contributed by atoms with E-state index in [4.69, 9.17) is 4.74 Å². The van der Waals surface area contributed by atoms with Crippen molar-refractivity contribution in [3.8, 4) is 5.75 Å². The third kappa shape index (κ3) is 7.14. The highest BCUT2D eigenvalue weighted by Crippen LogP contribution is 2.38. The molecule has 232 valence electrons. The molecule has 2 aliphatic heterocycles. The fraction of sp³-hybridized carbons (Fsp3) is 0.361. The maximum Gasteiger partial charge on any atom is 0.257 e. The number of ether oxygens (including phenoxy) is 1. The second-order valence-electron chi connectivity index (χ2n) is 12.1. The lowest BCUT2D eigenvalue weighted by atomic mass is 9.75. The number of carbonyl (C=O) groups is 2. The van der Waals surface area contributed by atoms with E-state index in [0.29, 0.717) is 62.2 Å². The monoisotopic (exact) mass is 604 g/mol. The number of rotatable bonds is 4. The smallest absolute Gasteiger partial charge is 0.257 e. The number of para-hydroxylation sites is 1. The van der Waals surface area contributed by atoms with Crippen LogP contribution >= 0.6 is 0 Å². The Kier molecular flexibility index (Phi) is 9.33. The minimum atomic E-state index is -0.141. The number of anilines is 1. The van der Waals surface area contributed by atoms with E-state index in [1.54, 1.807) is 24.8 Å². The molecule has 0 bridgehead atoms. The van der Waals surface area contributed by atoms with Gasteiger partial charge in [-0.25, -0.2) is 9.97 Å². The molecule has 4 heterocycles. The van der Waals surface area contributed by atoms with E-state index in [-0.39, 0.29) is 17.2 Å². The summed E-state index contributed by atoms with van der Waals surface area (Å²) >= 11 is 0. The number of carbonyl (C=O) groups excluding carboxylic acids is 2. The number of pyridine rings is 1. The van der Waals surface area contributed by atoms with Crippen molar-refractivity contribution >= 4 is 17.8 Å². The molecule has 1 spiro atoms. The van der Waals surface area contributed by atoms with E-state index in [2.05, 4.69) is 19.9 Å². The number of hydrogen-bond donors (Lipinski definition) is 0. The van der Waals surface area contributed by atoms with Crippen molar-refractivity contribution in [3.63, 3.8) is 0 Å². The zero-order valence-electron chi connectivity index (χ0n) is 25.8. The summed E-state index contributed by atoms with van der Waals surface area (Å²) in [6, 6.07) is 21.3. The highest BCUT2D eigenvalue weighted by molar-refractivity contribution is 5.97. The van der Waals surface area contributed by atoms with Crippen LogP contribution in [0.25, 0.3) is 0 Å². The fourth-order valence-electron chi connectivity index (χ4n) is 6.39. The molecule has 45 heavy (non-hydrogen) atoms. The van der Waals surface area contributed by atoms with Crippen molar-refractivity contribution in [2.75, 3.05) is 44.2 Å². The molecular formula is C36H40N6O3. The van der Waals surface area contributed by atoms with Crippen molar-refractivity contribution in [3.05, 3.63) is 114 Å². The summed E-state index contributed by atoms with van der Waals surface area (Å²) in [6.45, 7) is 6.07. The van der Waals surface area contributed by atoms with Gasteiger partial charge in [0.05, 0.1) is 17.7 Å². The normalized spacial score (nSPS) is 17.4. The van der Waals surface area contributed by atoms with E-state index >= 15 is 0 Å². The van der Waals surface area contributed by atoms with Crippen LogP contribution in [-0.4, -0.2) is 75.9 Å². The first-order chi connectivity index (χ1) is 22.0. The van der Waals surface area contributed by atoms with Crippen molar-refractivity contribution in [2.24, 2.45) is 5.41 Å². The lowest BCUT2D eigenvalue weighted by molar-refractivity contribution is 0.0363. The number of hydrogen-bond acceptors (Lipinski definition) is 7. The summed E-state index contributed by atoms with van der Waals surface area (Å²) in [5.41, 5.74) is 3.08. The molecule has 2 aromatic carbocycles. The standard InChI is InChI=1S/C36H40N6O3/c1-28-13-19-37-25-31(28)34(44)40-21-15-36(16-22-40)14-7-20-41(35-38-17-8-18-39-35)23-24-42(26-29-9-3-2-4-10-29)33(43)30-11-5-6-12-32(30)45-27-36/h2-6,8-13,17-19,25H,7,14-16,20-24,26-27H2,1H3. The molecule has 2 amide bonds. The van der Waals surface area contributed by atoms with Crippen LogP contribution in [0, 0.1) is 12.3 Å². The largest absolute Gasteiger partial charge is 0.492 e. The molecule has 0 unspecified atom stereocenters. The minimum absolute atomic E-state index is 0.0304. The summed E-state index contributed by atoms with van der Waals surface area (Å²) in [6.07, 6.45) is 10.4. The molecule has 0 atom stereocenters. The van der Waals surface area contributed by atoms with Crippen molar-refractivity contribution in [1.82, 2.24) is 24.8 Å². The Hall–Kier alpha value is -4.79. The Morgan fingerprint density at radius 2 is 1.60 bits per heavy atom. The summed E-state index contributed by atoms with van der Waals surface area (Å²) < 4.78 is 6.58. The Labute approximate surface area is 264 Å². The maximum atomic E-state index is 14.2. The van der Waals surface area contributed by atoms with Gasteiger partial charge in [-0.1, -0.05) is 42.5 Å². The van der Waals surface area contributed by atoms with Gasteiger partial charge >= 0.3 is 0 Å². The van der Waals surface area contributed by atoms with Crippen LogP contribution in [-0.2, 0) is 6.54 Å². The molecule has 6 rings (SSSR count). The average Bonchev–Trinajstić information content (AvgIpc) is 3.09. The van der Waals surface area contributed by atoms with Gasteiger partial charge in [0.15, 0.2) is 0 Å². The van der Waals surface area contributed by atoms with Gasteiger partial charge in [-0.15, -0.1) is 0 Å². The van der Waals surface area contributed by atoms with Crippen LogP contribution < -0.4 is 9.64 Å². The van der Waals surface area contributed by atoms with Crippen molar-refractivity contribution in [1.29, 1.82) is 0 Å². The summed E-state index contributed by atoms with van der Waals surface area (Å²) in [7, 11) is 0. The zero-order chi connectivity index (χ0) is 31.1. The van der Waals surface area contributed by atoms with Gasteiger partial charge < -0.3 is 19.4 Å². The van der Waals surface area contributed by atoms with Gasteiger partial charge in [-0.3, -0.25) is 14.6 Å². The first-order valence-corrected chi connectivity index (χ1v) is 15.8. The van der Waals surface area contributed by atoms with Gasteiger partial charge in [0.2, 0.25) is 5.95 Å². The number of piperidine rings is 1. The van der Waals surface area contributed by atoms with E-state index in [0.717, 1.165) is 43.4 Å². The molecule has 4 aromatic rings. The third-order valence-electron chi connectivity index (χ3n) is 9.15. The Balaban J connectivity index is 1.27. The minimum Gasteiger partial charge on any atom is -0.492 e. The first kappa shape index (κ1) is 30.2. The van der Waals surface area contributed by atoms with E-state index in [1.165, 1.54) is 0 Å². The quantitative estimate of drug-likeness (QED) is 0.307. The number of fused-ring (bicyclic) bond motifs is 1. The lowest BCUT2D eigenvalue weighted by Crippen LogP contribution is -2.46.